The number of hydrogen-bond acceptors (Lipinski definition) is 26. The average molecular weight is 905 g/mol. The molecule has 0 radical (unpaired) electrons. The molecule has 26 atom stereocenters. The molecule has 22 aliphatic heterocycles. The van der Waals surface area contributed by atoms with Gasteiger partial charge in [0.05, 0.1) is 39.6 Å². The summed E-state index contributed by atoms with van der Waals surface area (Å²) in [7, 11) is 0. The predicted molar refractivity (Wildman–Crippen MR) is 190 cm³/mol. The van der Waals surface area contributed by atoms with Gasteiger partial charge in [0.15, 0.2) is 37.7 Å². The molecule has 356 valence electrons. The van der Waals surface area contributed by atoms with Crippen LogP contribution < -0.4 is 0 Å². The fourth-order valence-corrected chi connectivity index (χ4v) is 8.21. The molecule has 62 heavy (non-hydrogen) atoms. The third-order valence-electron chi connectivity index (χ3n) is 11.7. The Morgan fingerprint density at radius 2 is 0.532 bits per heavy atom. The van der Waals surface area contributed by atoms with E-state index in [-0.39, 0.29) is 0 Å². The van der Waals surface area contributed by atoms with Gasteiger partial charge in [-0.05, 0) is 12.2 Å². The maximum Gasteiger partial charge on any atom is 0.187 e. The highest BCUT2D eigenvalue weighted by Crippen LogP contribution is 2.36. The van der Waals surface area contributed by atoms with Gasteiger partial charge in [-0.2, -0.15) is 0 Å². The topological polar surface area (TPSA) is 394 Å². The molecule has 22 heterocycles. The molecule has 26 nitrogen and oxygen atoms in total. The Morgan fingerprint density at radius 1 is 0.258 bits per heavy atom. The van der Waals surface area contributed by atoms with Gasteiger partial charge in [0.25, 0.3) is 0 Å². The summed E-state index contributed by atoms with van der Waals surface area (Å²) >= 11 is 0. The van der Waals surface area contributed by atoms with Crippen LogP contribution in [0.5, 0.6) is 0 Å². The molecule has 4 fully saturated rings. The van der Waals surface area contributed by atoms with Gasteiger partial charge in [-0.25, -0.2) is 0 Å². The molecule has 4 saturated heterocycles. The Morgan fingerprint density at radius 3 is 0.855 bits per heavy atom. The van der Waals surface area contributed by atoms with Crippen LogP contribution in [0, 0.1) is 0 Å². The zero-order valence-corrected chi connectivity index (χ0v) is 32.7. The quantitative estimate of drug-likeness (QED) is 0.110. The van der Waals surface area contributed by atoms with Crippen molar-refractivity contribution in [3.63, 3.8) is 0 Å². The minimum absolute atomic E-state index is 0.632. The highest BCUT2D eigenvalue weighted by Gasteiger charge is 2.56. The molecule has 22 rings (SSSR count). The van der Waals surface area contributed by atoms with Crippen LogP contribution >= 0.6 is 0 Å². The lowest BCUT2D eigenvalue weighted by atomic mass is 9.95. The first-order valence-electron chi connectivity index (χ1n) is 20.1. The molecule has 0 aromatic carbocycles. The summed E-state index contributed by atoms with van der Waals surface area (Å²) in [6, 6.07) is 0. The Kier molecular flexibility index (Phi) is 16.3. The van der Waals surface area contributed by atoms with E-state index in [0.29, 0.717) is 0 Å². The Balaban J connectivity index is 1.17. The number of ether oxygens (including phenoxy) is 12. The largest absolute Gasteiger partial charge is 0.394 e. The van der Waals surface area contributed by atoms with E-state index in [0.717, 1.165) is 0 Å². The van der Waals surface area contributed by atoms with Crippen LogP contribution in [0.15, 0.2) is 24.3 Å². The Bertz CT molecular complexity index is 1470. The fraction of sp³-hybridized carbons (Fsp3) is 0.889. The summed E-state index contributed by atoms with van der Waals surface area (Å²) < 4.78 is 69.3. The smallest absolute Gasteiger partial charge is 0.187 e. The van der Waals surface area contributed by atoms with Crippen molar-refractivity contribution in [2.24, 2.45) is 0 Å². The van der Waals surface area contributed by atoms with Gasteiger partial charge in [-0.3, -0.25) is 0 Å². The minimum Gasteiger partial charge on any atom is -0.394 e. The van der Waals surface area contributed by atoms with E-state index in [9.17, 15) is 71.5 Å². The minimum atomic E-state index is -2.07. The van der Waals surface area contributed by atoms with E-state index in [2.05, 4.69) is 0 Å². The zero-order valence-electron chi connectivity index (χ0n) is 32.7. The van der Waals surface area contributed by atoms with E-state index in [1.165, 1.54) is 24.3 Å². The van der Waals surface area contributed by atoms with Gasteiger partial charge >= 0.3 is 0 Å². The van der Waals surface area contributed by atoms with E-state index < -0.39 is 199 Å². The molecular formula is C36H56O26. The van der Waals surface area contributed by atoms with Crippen LogP contribution in [-0.4, -0.2) is 271 Å². The fourth-order valence-electron chi connectivity index (χ4n) is 8.21. The summed E-state index contributed by atoms with van der Waals surface area (Å²) in [5.41, 5.74) is 0. The normalized spacial score (nSPS) is 52.8. The average Bonchev–Trinajstić information content (AvgIpc) is 3.28. The predicted octanol–water partition coefficient (Wildman–Crippen LogP) is -9.39. The highest BCUT2D eigenvalue weighted by molar-refractivity contribution is 5.06. The standard InChI is InChI=1S/C36H56O26/c37-5-13-11-1-4-20(53-13)59-29-15(7-39)56-34(26(48)21(29)43)61-31-17(9-41)58-36(28(50)23(31)45)62-32-18(10-42)57-35(27(49)24(32)46)60-30-16(8-40)55-33(25(47)22(30)44)54-12-2-3-19(51-11)52-14(12)6-38/h1-4,11-50H,5-10H2/t11-,12-,13+,14+,15+,16+,17+,18+,19-,20+,21+,22+,23+,24+,25+,26+,27+,28+,29+,30+,31+,32+,33-,34+,35+,36+/m0/s1. The number of rotatable bonds is 6. The van der Waals surface area contributed by atoms with Crippen molar-refractivity contribution >= 4 is 0 Å². The van der Waals surface area contributed by atoms with E-state index in [4.69, 9.17) is 56.8 Å². The summed E-state index contributed by atoms with van der Waals surface area (Å²) in [5, 5.41) is 150. The van der Waals surface area contributed by atoms with Crippen molar-refractivity contribution in [1.29, 1.82) is 0 Å². The first-order chi connectivity index (χ1) is 29.7. The first kappa shape index (κ1) is 48.4. The van der Waals surface area contributed by atoms with E-state index in [1.54, 1.807) is 0 Å². The van der Waals surface area contributed by atoms with Crippen LogP contribution in [-0.2, 0) is 56.8 Å². The molecule has 0 amide bonds. The van der Waals surface area contributed by atoms with Crippen molar-refractivity contribution in [3.8, 4) is 0 Å². The lowest BCUT2D eigenvalue weighted by molar-refractivity contribution is -0.391. The van der Waals surface area contributed by atoms with Gasteiger partial charge in [0.2, 0.25) is 0 Å². The van der Waals surface area contributed by atoms with Crippen molar-refractivity contribution in [2.45, 2.75) is 160 Å². The molecule has 0 saturated carbocycles. The summed E-state index contributed by atoms with van der Waals surface area (Å²) in [6.07, 6.45) is -37.3. The van der Waals surface area contributed by atoms with Crippen LogP contribution in [0.1, 0.15) is 0 Å². The van der Waals surface area contributed by atoms with Gasteiger partial charge < -0.3 is 128 Å². The molecule has 0 aromatic heterocycles. The molecule has 26 heteroatoms. The van der Waals surface area contributed by atoms with Crippen LogP contribution in [0.4, 0.5) is 0 Å². The van der Waals surface area contributed by atoms with Gasteiger partial charge in [-0.1, -0.05) is 12.2 Å². The second kappa shape index (κ2) is 20.9. The van der Waals surface area contributed by atoms with Gasteiger partial charge in [0.1, 0.15) is 122 Å². The molecular weight excluding hydrogens is 848 g/mol. The SMILES string of the molecule is OC[C@H]1O[C@@H]2O[C@H]3[C@H](O)[C@@H](O)[C@@H](O[C@H]4[C@H](O)[C@@H](O)[C@@H](O[C@H]5[C@H](O)[C@@H](O)[C@@H](O[C@H]6C=C[C@@H](O[C@H]7C=C[C@@H](O[C@H]1[C@H](O)[C@H]2O)O[C@@H]7CO)O[C@@H]6CO)O[C@@H]5CO)O[C@@H]4CO)O[C@@H]3CO. The summed E-state index contributed by atoms with van der Waals surface area (Å²) in [4.78, 5) is 0. The third-order valence-corrected chi connectivity index (χ3v) is 11.7. The Labute approximate surface area is 352 Å². The Hall–Kier alpha value is -1.56. The lowest BCUT2D eigenvalue weighted by Gasteiger charge is -2.49. The maximum atomic E-state index is 11.2. The summed E-state index contributed by atoms with van der Waals surface area (Å²) in [6.45, 7) is -4.83. The van der Waals surface area contributed by atoms with Crippen molar-refractivity contribution < 1.29 is 128 Å². The van der Waals surface area contributed by atoms with Crippen LogP contribution in [0.2, 0.25) is 0 Å². The second-order valence-corrected chi connectivity index (χ2v) is 15.7. The second-order valence-electron chi connectivity index (χ2n) is 15.7. The monoisotopic (exact) mass is 904 g/mol. The molecule has 0 spiro atoms. The number of hydrogen-bond donors (Lipinski definition) is 14. The first-order valence-corrected chi connectivity index (χ1v) is 20.1. The van der Waals surface area contributed by atoms with Crippen LogP contribution in [0.25, 0.3) is 0 Å². The molecule has 0 unspecified atom stereocenters. The van der Waals surface area contributed by atoms with Crippen LogP contribution in [0.3, 0.4) is 0 Å². The van der Waals surface area contributed by atoms with Gasteiger partial charge in [-0.15, -0.1) is 0 Å². The van der Waals surface area contributed by atoms with Crippen molar-refractivity contribution in [3.05, 3.63) is 24.3 Å². The van der Waals surface area contributed by atoms with Gasteiger partial charge in [0, 0.05) is 0 Å². The molecule has 12 bridgehead atoms. The molecule has 14 N–H and O–H groups in total. The van der Waals surface area contributed by atoms with Crippen molar-refractivity contribution in [2.75, 3.05) is 39.6 Å². The summed E-state index contributed by atoms with van der Waals surface area (Å²) in [5.74, 6) is 0. The third kappa shape index (κ3) is 9.78. The molecule has 22 aliphatic rings. The number of aliphatic hydroxyl groups excluding tert-OH is 14. The highest BCUT2D eigenvalue weighted by atomic mass is 16.8. The zero-order chi connectivity index (χ0) is 44.6. The molecule has 0 aliphatic carbocycles. The van der Waals surface area contributed by atoms with E-state index >= 15 is 0 Å². The van der Waals surface area contributed by atoms with E-state index in [1.807, 2.05) is 0 Å². The lowest BCUT2D eigenvalue weighted by Crippen LogP contribution is -2.67. The molecule has 0 aromatic rings. The maximum absolute atomic E-state index is 11.2. The number of aliphatic hydroxyl groups is 14. The van der Waals surface area contributed by atoms with Crippen molar-refractivity contribution in [1.82, 2.24) is 0 Å².